The molecule has 98 heavy (non-hydrogen) atoms. The number of aromatic hydroxyl groups is 2. The number of allylic oxidation sites excluding steroid dienone is 3. The van der Waals surface area contributed by atoms with Gasteiger partial charge in [-0.2, -0.15) is 0 Å². The summed E-state index contributed by atoms with van der Waals surface area (Å²) in [6.07, 6.45) is 17.2. The highest BCUT2D eigenvalue weighted by atomic mass is 33.1. The van der Waals surface area contributed by atoms with E-state index in [0.717, 1.165) is 88.8 Å². The number of phenolic OH excluding ortho intramolecular Hbond substituents is 2. The number of nitrogens with two attached hydrogens (primary N) is 1. The van der Waals surface area contributed by atoms with Gasteiger partial charge in [0, 0.05) is 119 Å². The van der Waals surface area contributed by atoms with Crippen LogP contribution in [-0.2, 0) is 50.9 Å². The SMILES string of the molecule is COC[C@@H]1[C@H](CO)CNCc2c(O)c3c(c4c2[C@H]2C#CC5=C(C=CC(N)N5)[C@@H]([C@@H]5CC[C@@]6(Cc7cc(O)cc(OCO)c7-c7ccc8c(c76)O[C@H]4[C@H]8COC(C)=O)C5)[C@]4(CCCC[C@H]4O)c4cccc(c4)C[C@H]1C#C2)C=C[C@@H]1N[C@@H]2CCC[C@@H](CSS[C@@H](Cc4ccccc4)[C@H]1O3)C2. The van der Waals surface area contributed by atoms with Gasteiger partial charge in [-0.25, -0.2) is 0 Å². The fourth-order valence-electron chi connectivity index (χ4n) is 19.9. The molecular formula is C81H90N4O11S2. The van der Waals surface area contributed by atoms with Gasteiger partial charge in [0.15, 0.2) is 18.3 Å². The first-order valence-corrected chi connectivity index (χ1v) is 38.2. The van der Waals surface area contributed by atoms with Crippen molar-refractivity contribution in [1.29, 1.82) is 0 Å². The van der Waals surface area contributed by atoms with E-state index in [-0.39, 0.29) is 72.3 Å². The van der Waals surface area contributed by atoms with E-state index in [4.69, 9.17) is 29.4 Å². The van der Waals surface area contributed by atoms with Crippen LogP contribution in [0.5, 0.6) is 28.7 Å². The van der Waals surface area contributed by atoms with Gasteiger partial charge in [-0.3, -0.25) is 4.79 Å². The fraction of sp³-hybridized carbons (Fsp3) is 0.494. The molecule has 0 radical (unpaired) electrons. The van der Waals surface area contributed by atoms with Crippen LogP contribution in [0.4, 0.5) is 0 Å². The third kappa shape index (κ3) is 11.7. The molecule has 17 heteroatoms. The van der Waals surface area contributed by atoms with Crippen LogP contribution in [-0.4, -0.2) is 113 Å². The molecule has 10 N–H and O–H groups in total. The molecule has 0 amide bonds. The van der Waals surface area contributed by atoms with Gasteiger partial charge in [-0.15, -0.1) is 0 Å². The number of hydrogen-bond acceptors (Lipinski definition) is 17. The summed E-state index contributed by atoms with van der Waals surface area (Å²) in [6, 6.07) is 27.1. The summed E-state index contributed by atoms with van der Waals surface area (Å²) in [7, 11) is 5.52. The number of benzene rings is 5. The molecule has 3 saturated carbocycles. The van der Waals surface area contributed by atoms with Crippen LogP contribution in [0, 0.1) is 59.2 Å². The largest absolute Gasteiger partial charge is 0.508 e. The lowest BCUT2D eigenvalue weighted by molar-refractivity contribution is -0.141. The standard InChI is InChI=1S/C81H90N4O11S2/c1-45(88)93-42-63-57-20-21-59-70-52(34-56(89)35-66(70)94-44-87)37-80-29-27-51(36-80)73-58-23-26-69(82)85-64(58)24-19-49-17-18-50(30-47-12-8-14-54(31-47)81(73)28-7-6-16-68(81)90)62(41-92-2)53(40-86)38-83-39-61-71(49)72(76(63)95-77(57)74(59)80)60-22-25-65-79(96-78(60)75(61)91)67(33-46-10-4-3-5-11-46)98-97-43-48-13-9-15-55(32-48)84-65/h3-5,8,10-12,14,20-23,25-26,31,34-35,48-51,53,55,62-63,65,67-69,73,76,79,83-87,89-91H,6-7,9,13,15-16,27-30,32-33,36-44,82H2,1-2H3/t48-,49-,50-,51-,53+,55-,62+,63+,65+,67+,68-,69?,73-,76+,79+,80+,81-/m1/s1. The number of rotatable bonds is 9. The van der Waals surface area contributed by atoms with Crippen molar-refractivity contribution in [1.82, 2.24) is 16.0 Å². The number of phenols is 2. The third-order valence-corrected chi connectivity index (χ3v) is 27.1. The summed E-state index contributed by atoms with van der Waals surface area (Å²) in [5, 5.41) is 73.2. The van der Waals surface area contributed by atoms with Gasteiger partial charge in [0.25, 0.3) is 0 Å². The van der Waals surface area contributed by atoms with Crippen molar-refractivity contribution in [3.8, 4) is 63.6 Å². The van der Waals surface area contributed by atoms with E-state index in [1.807, 2.05) is 33.7 Å². The van der Waals surface area contributed by atoms with Crippen molar-refractivity contribution >= 4 is 33.6 Å². The molecule has 5 aromatic carbocycles. The molecule has 15 nitrogen and oxygen atoms in total. The maximum absolute atomic E-state index is 14.1. The van der Waals surface area contributed by atoms with Gasteiger partial charge < -0.3 is 70.9 Å². The first-order chi connectivity index (χ1) is 47.8. The summed E-state index contributed by atoms with van der Waals surface area (Å²) in [4.78, 5) is 13.6. The Morgan fingerprint density at radius 3 is 2.62 bits per heavy atom. The summed E-state index contributed by atoms with van der Waals surface area (Å²) >= 11 is 0. The van der Waals surface area contributed by atoms with Crippen LogP contribution in [0.15, 0.2) is 108 Å². The van der Waals surface area contributed by atoms with Gasteiger partial charge in [0.05, 0.1) is 41.8 Å². The predicted molar refractivity (Wildman–Crippen MR) is 381 cm³/mol. The van der Waals surface area contributed by atoms with Gasteiger partial charge >= 0.3 is 5.97 Å². The molecule has 1 unspecified atom stereocenters. The van der Waals surface area contributed by atoms with E-state index in [0.29, 0.717) is 109 Å². The summed E-state index contributed by atoms with van der Waals surface area (Å²) < 4.78 is 34.7. The number of ether oxygens (including phenoxy) is 5. The highest BCUT2D eigenvalue weighted by Gasteiger charge is 2.59. The lowest BCUT2D eigenvalue weighted by Gasteiger charge is -2.51. The van der Waals surface area contributed by atoms with E-state index >= 15 is 0 Å². The molecule has 5 aliphatic carbocycles. The Kier molecular flexibility index (Phi) is 18.3. The number of carbonyl (C=O) groups excluding carboxylic acids is 1. The Labute approximate surface area is 582 Å². The maximum Gasteiger partial charge on any atom is 0.302 e. The van der Waals surface area contributed by atoms with E-state index in [1.165, 1.54) is 18.9 Å². The quantitative estimate of drug-likeness (QED) is 0.0289. The second-order valence-electron chi connectivity index (χ2n) is 29.8. The molecule has 11 aliphatic rings. The Balaban J connectivity index is 1.04. The summed E-state index contributed by atoms with van der Waals surface area (Å²) in [5.41, 5.74) is 17.3. The molecule has 17 atom stereocenters. The predicted octanol–water partition coefficient (Wildman–Crippen LogP) is 11.2. The van der Waals surface area contributed by atoms with Gasteiger partial charge in [0.1, 0.15) is 42.0 Å². The number of nitrogens with one attached hydrogen (secondary N) is 3. The zero-order valence-electron chi connectivity index (χ0n) is 55.9. The zero-order chi connectivity index (χ0) is 67.0. The first kappa shape index (κ1) is 65.7. The van der Waals surface area contributed by atoms with Crippen LogP contribution in [0.1, 0.15) is 151 Å². The topological polar surface area (TPSA) is 226 Å². The number of aliphatic hydroxyl groups excluding tert-OH is 3. The second-order valence-corrected chi connectivity index (χ2v) is 32.4. The van der Waals surface area contributed by atoms with E-state index in [9.17, 15) is 30.3 Å². The average molecular weight is 1360 g/mol. The number of aliphatic hydroxyl groups is 3. The zero-order valence-corrected chi connectivity index (χ0v) is 57.5. The van der Waals surface area contributed by atoms with Gasteiger partial charge in [0.2, 0.25) is 0 Å². The first-order valence-electron chi connectivity index (χ1n) is 35.8. The van der Waals surface area contributed by atoms with Crippen molar-refractivity contribution in [2.24, 2.45) is 41.2 Å². The third-order valence-electron chi connectivity index (χ3n) is 24.1. The fourth-order valence-corrected chi connectivity index (χ4v) is 23.1. The van der Waals surface area contributed by atoms with Crippen molar-refractivity contribution < 1.29 is 54.0 Å². The second kappa shape index (κ2) is 27.2. The van der Waals surface area contributed by atoms with Crippen LogP contribution in [0.2, 0.25) is 0 Å². The number of methoxy groups -OCH3 is 1. The average Bonchev–Trinajstić information content (AvgIpc) is 1.47. The molecule has 11 bridgehead atoms. The molecule has 4 fully saturated rings. The minimum Gasteiger partial charge on any atom is -0.508 e. The highest BCUT2D eigenvalue weighted by Crippen LogP contribution is 2.66. The number of fused-ring (bicyclic) bond motifs is 16. The molecule has 0 aromatic heterocycles. The normalized spacial score (nSPS) is 33.1. The van der Waals surface area contributed by atoms with Crippen LogP contribution < -0.4 is 35.9 Å². The van der Waals surface area contributed by atoms with E-state index in [1.54, 1.807) is 13.2 Å². The van der Waals surface area contributed by atoms with E-state index in [2.05, 4.69) is 125 Å². The lowest BCUT2D eigenvalue weighted by Crippen LogP contribution is -2.52. The Bertz CT molecular complexity index is 4150. The van der Waals surface area contributed by atoms with Crippen LogP contribution in [0.25, 0.3) is 17.2 Å². The van der Waals surface area contributed by atoms with Crippen LogP contribution in [0.3, 0.4) is 0 Å². The number of esters is 1. The summed E-state index contributed by atoms with van der Waals surface area (Å²) in [6.45, 7) is 1.36. The Morgan fingerprint density at radius 2 is 1.79 bits per heavy atom. The van der Waals surface area contributed by atoms with Crippen molar-refractivity contribution in [3.05, 3.63) is 164 Å². The number of carbonyl (C=O) groups is 1. The smallest absolute Gasteiger partial charge is 0.302 e. The maximum atomic E-state index is 14.1. The van der Waals surface area contributed by atoms with Crippen LogP contribution >= 0.6 is 21.6 Å². The van der Waals surface area contributed by atoms with Crippen molar-refractivity contribution in [2.75, 3.05) is 46.0 Å². The molecule has 2 spiro atoms. The summed E-state index contributed by atoms with van der Waals surface area (Å²) in [5.74, 6) is 15.0. The molecule has 512 valence electrons. The minimum atomic E-state index is -0.956. The number of dihydropyridines is 1. The number of hydrogen-bond donors (Lipinski definition) is 9. The minimum absolute atomic E-state index is 0.0281. The van der Waals surface area contributed by atoms with Crippen molar-refractivity contribution in [3.63, 3.8) is 0 Å². The molecule has 6 aliphatic heterocycles. The Hall–Kier alpha value is -6.87. The lowest BCUT2D eigenvalue weighted by atomic mass is 9.54. The molecule has 16 rings (SSSR count). The highest BCUT2D eigenvalue weighted by molar-refractivity contribution is 8.77. The van der Waals surface area contributed by atoms with Crippen molar-refractivity contribution in [2.45, 2.75) is 168 Å². The molecule has 6 heterocycles. The monoisotopic (exact) mass is 1360 g/mol. The molecular weight excluding hydrogens is 1270 g/mol. The Morgan fingerprint density at radius 1 is 0.898 bits per heavy atom. The van der Waals surface area contributed by atoms with Gasteiger partial charge in [-0.05, 0) is 139 Å². The van der Waals surface area contributed by atoms with E-state index < -0.39 is 65.8 Å². The van der Waals surface area contributed by atoms with Gasteiger partial charge in [-0.1, -0.05) is 144 Å². The molecule has 5 aromatic rings. The molecule has 1 saturated heterocycles.